The first-order chi connectivity index (χ1) is 8.69. The number of benzene rings is 1. The van der Waals surface area contributed by atoms with Crippen molar-refractivity contribution >= 4 is 23.3 Å². The van der Waals surface area contributed by atoms with E-state index in [1.807, 2.05) is 0 Å². The quantitative estimate of drug-likeness (QED) is 0.866. The van der Waals surface area contributed by atoms with Crippen molar-refractivity contribution in [1.29, 1.82) is 0 Å². The van der Waals surface area contributed by atoms with Gasteiger partial charge in [0.25, 0.3) is 0 Å². The molecule has 4 nitrogen and oxygen atoms in total. The second-order valence-electron chi connectivity index (χ2n) is 4.57. The van der Waals surface area contributed by atoms with Crippen LogP contribution in [-0.2, 0) is 0 Å². The Bertz CT molecular complexity index is 408. The van der Waals surface area contributed by atoms with E-state index < -0.39 is 0 Å². The number of hydrogen-bond donors (Lipinski definition) is 2. The normalized spacial score (nSPS) is 19.7. The third-order valence-corrected chi connectivity index (χ3v) is 3.41. The molecule has 0 unspecified atom stereocenters. The van der Waals surface area contributed by atoms with Gasteiger partial charge in [-0.05, 0) is 43.0 Å². The highest BCUT2D eigenvalue weighted by Gasteiger charge is 2.22. The minimum Gasteiger partial charge on any atom is -0.396 e. The van der Waals surface area contributed by atoms with Crippen molar-refractivity contribution in [3.8, 4) is 0 Å². The topological polar surface area (TPSA) is 52.6 Å². The SMILES string of the molecule is O=C(Nc1ccc(Cl)cc1)N1CCC[C@@H](CO)C1. The molecule has 1 saturated heterocycles. The number of rotatable bonds is 2. The van der Waals surface area contributed by atoms with Gasteiger partial charge in [-0.25, -0.2) is 4.79 Å². The highest BCUT2D eigenvalue weighted by molar-refractivity contribution is 6.30. The number of piperidine rings is 1. The molecule has 0 bridgehead atoms. The zero-order valence-corrected chi connectivity index (χ0v) is 10.9. The van der Waals surface area contributed by atoms with E-state index in [0.29, 0.717) is 11.6 Å². The highest BCUT2D eigenvalue weighted by atomic mass is 35.5. The zero-order chi connectivity index (χ0) is 13.0. The van der Waals surface area contributed by atoms with E-state index in [9.17, 15) is 4.79 Å². The first kappa shape index (κ1) is 13.2. The predicted molar refractivity (Wildman–Crippen MR) is 71.9 cm³/mol. The van der Waals surface area contributed by atoms with Crippen LogP contribution in [0, 0.1) is 5.92 Å². The molecule has 0 radical (unpaired) electrons. The van der Waals surface area contributed by atoms with Crippen molar-refractivity contribution in [1.82, 2.24) is 4.90 Å². The fraction of sp³-hybridized carbons (Fsp3) is 0.462. The fourth-order valence-corrected chi connectivity index (χ4v) is 2.26. The number of nitrogens with one attached hydrogen (secondary N) is 1. The summed E-state index contributed by atoms with van der Waals surface area (Å²) in [5.41, 5.74) is 0.732. The largest absolute Gasteiger partial charge is 0.396 e. The van der Waals surface area contributed by atoms with Crippen molar-refractivity contribution < 1.29 is 9.90 Å². The first-order valence-electron chi connectivity index (χ1n) is 6.11. The van der Waals surface area contributed by atoms with Gasteiger partial charge in [0.1, 0.15) is 0 Å². The minimum atomic E-state index is -0.115. The van der Waals surface area contributed by atoms with Gasteiger partial charge in [0.2, 0.25) is 0 Å². The van der Waals surface area contributed by atoms with Crippen LogP contribution < -0.4 is 5.32 Å². The Kier molecular flexibility index (Phi) is 4.44. The molecule has 0 spiro atoms. The van der Waals surface area contributed by atoms with Crippen LogP contribution >= 0.6 is 11.6 Å². The van der Waals surface area contributed by atoms with E-state index in [1.165, 1.54) is 0 Å². The summed E-state index contributed by atoms with van der Waals surface area (Å²) in [7, 11) is 0. The number of likely N-dealkylation sites (tertiary alicyclic amines) is 1. The molecule has 1 aliphatic rings. The number of hydrogen-bond acceptors (Lipinski definition) is 2. The van der Waals surface area contributed by atoms with Crippen LogP contribution in [0.4, 0.5) is 10.5 Å². The molecule has 0 aromatic heterocycles. The van der Waals surface area contributed by atoms with Gasteiger partial charge in [-0.3, -0.25) is 0 Å². The van der Waals surface area contributed by atoms with E-state index >= 15 is 0 Å². The Morgan fingerprint density at radius 3 is 2.83 bits per heavy atom. The minimum absolute atomic E-state index is 0.115. The van der Waals surface area contributed by atoms with Gasteiger partial charge in [0.05, 0.1) is 0 Å². The smallest absolute Gasteiger partial charge is 0.321 e. The molecule has 1 aliphatic heterocycles. The van der Waals surface area contributed by atoms with Gasteiger partial charge >= 0.3 is 6.03 Å². The number of carbonyl (C=O) groups excluding carboxylic acids is 1. The Hall–Kier alpha value is -1.26. The van der Waals surface area contributed by atoms with E-state index in [4.69, 9.17) is 16.7 Å². The maximum atomic E-state index is 12.0. The lowest BCUT2D eigenvalue weighted by atomic mass is 9.99. The van der Waals surface area contributed by atoms with Crippen molar-refractivity contribution in [2.45, 2.75) is 12.8 Å². The van der Waals surface area contributed by atoms with Crippen molar-refractivity contribution in [2.24, 2.45) is 5.92 Å². The molecule has 18 heavy (non-hydrogen) atoms. The number of halogens is 1. The molecule has 5 heteroatoms. The van der Waals surface area contributed by atoms with E-state index in [2.05, 4.69) is 5.32 Å². The molecule has 2 rings (SSSR count). The molecular weight excluding hydrogens is 252 g/mol. The summed E-state index contributed by atoms with van der Waals surface area (Å²) in [4.78, 5) is 13.8. The standard InChI is InChI=1S/C13H17ClN2O2/c14-11-3-5-12(6-4-11)15-13(18)16-7-1-2-10(8-16)9-17/h3-6,10,17H,1-2,7-9H2,(H,15,18)/t10-/m1/s1. The fourth-order valence-electron chi connectivity index (χ4n) is 2.13. The van der Waals surface area contributed by atoms with Crippen LogP contribution in [0.15, 0.2) is 24.3 Å². The molecule has 2 amide bonds. The predicted octanol–water partition coefficient (Wildman–Crippen LogP) is 2.58. The Morgan fingerprint density at radius 2 is 2.17 bits per heavy atom. The second kappa shape index (κ2) is 6.07. The number of nitrogens with zero attached hydrogens (tertiary/aromatic N) is 1. The number of urea groups is 1. The summed E-state index contributed by atoms with van der Waals surface area (Å²) < 4.78 is 0. The summed E-state index contributed by atoms with van der Waals surface area (Å²) in [5, 5.41) is 12.6. The number of carbonyl (C=O) groups is 1. The number of anilines is 1. The average Bonchev–Trinajstić information content (AvgIpc) is 2.41. The molecule has 0 saturated carbocycles. The van der Waals surface area contributed by atoms with Crippen LogP contribution in [0.1, 0.15) is 12.8 Å². The second-order valence-corrected chi connectivity index (χ2v) is 5.01. The molecule has 1 atom stereocenters. The number of aliphatic hydroxyl groups excluding tert-OH is 1. The summed E-state index contributed by atoms with van der Waals surface area (Å²) in [5.74, 6) is 0.203. The molecule has 0 aliphatic carbocycles. The molecule has 1 heterocycles. The van der Waals surface area contributed by atoms with Gasteiger partial charge < -0.3 is 15.3 Å². The van der Waals surface area contributed by atoms with Gasteiger partial charge in [-0.1, -0.05) is 11.6 Å². The van der Waals surface area contributed by atoms with Crippen LogP contribution in [0.25, 0.3) is 0 Å². The van der Waals surface area contributed by atoms with Crippen LogP contribution in [0.3, 0.4) is 0 Å². The molecule has 1 fully saturated rings. The zero-order valence-electron chi connectivity index (χ0n) is 10.1. The Balaban J connectivity index is 1.93. The third-order valence-electron chi connectivity index (χ3n) is 3.16. The Morgan fingerprint density at radius 1 is 1.44 bits per heavy atom. The average molecular weight is 269 g/mol. The third kappa shape index (κ3) is 3.37. The number of aliphatic hydroxyl groups is 1. The van der Waals surface area contributed by atoms with Gasteiger partial charge in [0, 0.05) is 30.4 Å². The van der Waals surface area contributed by atoms with E-state index in [-0.39, 0.29) is 18.6 Å². The molecule has 98 valence electrons. The van der Waals surface area contributed by atoms with Crippen LogP contribution in [-0.4, -0.2) is 35.7 Å². The van der Waals surface area contributed by atoms with E-state index in [0.717, 1.165) is 25.1 Å². The highest BCUT2D eigenvalue weighted by Crippen LogP contribution is 2.18. The monoisotopic (exact) mass is 268 g/mol. The molecular formula is C13H17ClN2O2. The summed E-state index contributed by atoms with van der Waals surface area (Å²) in [6.07, 6.45) is 1.93. The van der Waals surface area contributed by atoms with Gasteiger partial charge in [0.15, 0.2) is 0 Å². The van der Waals surface area contributed by atoms with Gasteiger partial charge in [-0.15, -0.1) is 0 Å². The molecule has 2 N–H and O–H groups in total. The lowest BCUT2D eigenvalue weighted by Crippen LogP contribution is -2.43. The lowest BCUT2D eigenvalue weighted by molar-refractivity contribution is 0.136. The maximum absolute atomic E-state index is 12.0. The van der Waals surface area contributed by atoms with Crippen molar-refractivity contribution in [3.05, 3.63) is 29.3 Å². The summed E-state index contributed by atoms with van der Waals surface area (Å²) in [6, 6.07) is 6.91. The number of amides is 2. The summed E-state index contributed by atoms with van der Waals surface area (Å²) in [6.45, 7) is 1.51. The Labute approximate surface area is 112 Å². The molecule has 1 aromatic rings. The van der Waals surface area contributed by atoms with Gasteiger partial charge in [-0.2, -0.15) is 0 Å². The maximum Gasteiger partial charge on any atom is 0.321 e. The lowest BCUT2D eigenvalue weighted by Gasteiger charge is -2.31. The molecule has 1 aromatic carbocycles. The van der Waals surface area contributed by atoms with E-state index in [1.54, 1.807) is 29.2 Å². The van der Waals surface area contributed by atoms with Crippen LogP contribution in [0.5, 0.6) is 0 Å². The van der Waals surface area contributed by atoms with Crippen molar-refractivity contribution in [2.75, 3.05) is 25.0 Å². The first-order valence-corrected chi connectivity index (χ1v) is 6.49. The van der Waals surface area contributed by atoms with Crippen LogP contribution in [0.2, 0.25) is 5.02 Å². The summed E-state index contributed by atoms with van der Waals surface area (Å²) >= 11 is 5.78. The van der Waals surface area contributed by atoms with Crippen molar-refractivity contribution in [3.63, 3.8) is 0 Å².